The standard InChI is InChI=1S/C16H23N/c1-10-11(2)13(4)16(14(5)12(10)3)15-8-7-9-17(15)6/h7-8,15H,9H2,1-6H3. The Morgan fingerprint density at radius 3 is 1.76 bits per heavy atom. The van der Waals surface area contributed by atoms with Crippen LogP contribution >= 0.6 is 0 Å². The quantitative estimate of drug-likeness (QED) is 0.663. The molecule has 92 valence electrons. The molecule has 0 saturated heterocycles. The normalized spacial score (nSPS) is 20.2. The molecule has 0 saturated carbocycles. The Bertz CT molecular complexity index is 454. The van der Waals surface area contributed by atoms with Gasteiger partial charge in [-0.1, -0.05) is 12.2 Å². The zero-order valence-corrected chi connectivity index (χ0v) is 11.9. The highest BCUT2D eigenvalue weighted by Crippen LogP contribution is 2.35. The Balaban J connectivity index is 2.65. The number of likely N-dealkylation sites (N-methyl/N-ethyl adjacent to an activating group) is 1. The molecule has 1 heteroatoms. The van der Waals surface area contributed by atoms with Crippen molar-refractivity contribution in [1.82, 2.24) is 4.90 Å². The minimum absolute atomic E-state index is 0.466. The van der Waals surface area contributed by atoms with Crippen LogP contribution in [0.5, 0.6) is 0 Å². The summed E-state index contributed by atoms with van der Waals surface area (Å²) in [5.74, 6) is 0. The first-order chi connectivity index (χ1) is 7.95. The summed E-state index contributed by atoms with van der Waals surface area (Å²) in [5, 5.41) is 0. The van der Waals surface area contributed by atoms with Crippen LogP contribution in [0.1, 0.15) is 39.4 Å². The van der Waals surface area contributed by atoms with Crippen molar-refractivity contribution < 1.29 is 0 Å². The molecule has 0 fully saturated rings. The topological polar surface area (TPSA) is 3.24 Å². The van der Waals surface area contributed by atoms with Gasteiger partial charge in [-0.3, -0.25) is 4.90 Å². The molecule has 0 bridgehead atoms. The van der Waals surface area contributed by atoms with Crippen molar-refractivity contribution in [3.8, 4) is 0 Å². The van der Waals surface area contributed by atoms with E-state index >= 15 is 0 Å². The second kappa shape index (κ2) is 4.30. The van der Waals surface area contributed by atoms with Gasteiger partial charge in [0.25, 0.3) is 0 Å². The first kappa shape index (κ1) is 12.4. The van der Waals surface area contributed by atoms with Crippen molar-refractivity contribution in [3.63, 3.8) is 0 Å². The number of hydrogen-bond acceptors (Lipinski definition) is 1. The third-order valence-electron chi connectivity index (χ3n) is 4.54. The van der Waals surface area contributed by atoms with Crippen LogP contribution in [0.3, 0.4) is 0 Å². The molecule has 1 aliphatic heterocycles. The van der Waals surface area contributed by atoms with E-state index in [1.807, 2.05) is 0 Å². The first-order valence-corrected chi connectivity index (χ1v) is 6.39. The van der Waals surface area contributed by atoms with Crippen LogP contribution < -0.4 is 0 Å². The Morgan fingerprint density at radius 2 is 1.35 bits per heavy atom. The summed E-state index contributed by atoms with van der Waals surface area (Å²) in [7, 11) is 2.20. The molecule has 2 rings (SSSR count). The van der Waals surface area contributed by atoms with Crippen molar-refractivity contribution in [2.45, 2.75) is 40.7 Å². The molecule has 0 spiro atoms. The summed E-state index contributed by atoms with van der Waals surface area (Å²) in [5.41, 5.74) is 8.81. The summed E-state index contributed by atoms with van der Waals surface area (Å²) in [4.78, 5) is 2.41. The third-order valence-corrected chi connectivity index (χ3v) is 4.54. The maximum Gasteiger partial charge on any atom is 0.0537 e. The lowest BCUT2D eigenvalue weighted by Gasteiger charge is -2.27. The molecule has 0 amide bonds. The predicted molar refractivity (Wildman–Crippen MR) is 74.6 cm³/mol. The summed E-state index contributed by atoms with van der Waals surface area (Å²) in [6, 6.07) is 0.466. The van der Waals surface area contributed by atoms with E-state index in [0.717, 1.165) is 6.54 Å². The molecular formula is C16H23N. The van der Waals surface area contributed by atoms with E-state index in [1.165, 1.54) is 33.4 Å². The lowest BCUT2D eigenvalue weighted by molar-refractivity contribution is 0.338. The maximum absolute atomic E-state index is 2.41. The summed E-state index contributed by atoms with van der Waals surface area (Å²) in [6.07, 6.45) is 4.61. The van der Waals surface area contributed by atoms with Crippen LogP contribution in [0.25, 0.3) is 0 Å². The SMILES string of the molecule is Cc1c(C)c(C)c(C2C=CCN2C)c(C)c1C. The van der Waals surface area contributed by atoms with E-state index in [9.17, 15) is 0 Å². The fourth-order valence-corrected chi connectivity index (χ4v) is 2.91. The van der Waals surface area contributed by atoms with Gasteiger partial charge in [-0.05, 0) is 75.0 Å². The van der Waals surface area contributed by atoms with Gasteiger partial charge < -0.3 is 0 Å². The van der Waals surface area contributed by atoms with E-state index in [1.54, 1.807) is 0 Å². The van der Waals surface area contributed by atoms with Crippen LogP contribution in [0.15, 0.2) is 12.2 Å². The summed E-state index contributed by atoms with van der Waals surface area (Å²) in [6.45, 7) is 12.3. The second-order valence-corrected chi connectivity index (χ2v) is 5.35. The Hall–Kier alpha value is -1.08. The van der Waals surface area contributed by atoms with Crippen molar-refractivity contribution in [2.75, 3.05) is 13.6 Å². The number of nitrogens with zero attached hydrogens (tertiary/aromatic N) is 1. The highest BCUT2D eigenvalue weighted by atomic mass is 15.1. The van der Waals surface area contributed by atoms with Crippen LogP contribution in [-0.2, 0) is 0 Å². The number of benzene rings is 1. The van der Waals surface area contributed by atoms with Crippen LogP contribution in [0, 0.1) is 34.6 Å². The van der Waals surface area contributed by atoms with E-state index < -0.39 is 0 Å². The van der Waals surface area contributed by atoms with Crippen molar-refractivity contribution in [2.24, 2.45) is 0 Å². The summed E-state index contributed by atoms with van der Waals surface area (Å²) < 4.78 is 0. The second-order valence-electron chi connectivity index (χ2n) is 5.35. The molecule has 1 aromatic carbocycles. The number of rotatable bonds is 1. The fourth-order valence-electron chi connectivity index (χ4n) is 2.91. The molecule has 1 heterocycles. The molecule has 1 atom stereocenters. The molecule has 1 aliphatic rings. The van der Waals surface area contributed by atoms with E-state index in [4.69, 9.17) is 0 Å². The van der Waals surface area contributed by atoms with Crippen molar-refractivity contribution >= 4 is 0 Å². The van der Waals surface area contributed by atoms with Gasteiger partial charge in [-0.2, -0.15) is 0 Å². The molecule has 1 nitrogen and oxygen atoms in total. The van der Waals surface area contributed by atoms with Gasteiger partial charge in [-0.15, -0.1) is 0 Å². The average Bonchev–Trinajstić information content (AvgIpc) is 2.71. The fraction of sp³-hybridized carbons (Fsp3) is 0.500. The Kier molecular flexibility index (Phi) is 3.13. The lowest BCUT2D eigenvalue weighted by atomic mass is 9.86. The zero-order valence-electron chi connectivity index (χ0n) is 11.9. The molecule has 17 heavy (non-hydrogen) atoms. The van der Waals surface area contributed by atoms with Crippen molar-refractivity contribution in [3.05, 3.63) is 45.5 Å². The van der Waals surface area contributed by atoms with E-state index in [2.05, 4.69) is 58.7 Å². The monoisotopic (exact) mass is 229 g/mol. The van der Waals surface area contributed by atoms with E-state index in [-0.39, 0.29) is 0 Å². The summed E-state index contributed by atoms with van der Waals surface area (Å²) >= 11 is 0. The van der Waals surface area contributed by atoms with Crippen LogP contribution in [0.4, 0.5) is 0 Å². The van der Waals surface area contributed by atoms with Crippen LogP contribution in [0.2, 0.25) is 0 Å². The van der Waals surface area contributed by atoms with Crippen LogP contribution in [-0.4, -0.2) is 18.5 Å². The van der Waals surface area contributed by atoms with Gasteiger partial charge in [0.05, 0.1) is 6.04 Å². The zero-order chi connectivity index (χ0) is 12.7. The number of hydrogen-bond donors (Lipinski definition) is 0. The minimum atomic E-state index is 0.466. The molecule has 1 unspecified atom stereocenters. The van der Waals surface area contributed by atoms with E-state index in [0.29, 0.717) is 6.04 Å². The Labute approximate surface area is 105 Å². The molecule has 0 aromatic heterocycles. The van der Waals surface area contributed by atoms with Gasteiger partial charge in [0, 0.05) is 6.54 Å². The highest BCUT2D eigenvalue weighted by Gasteiger charge is 2.23. The maximum atomic E-state index is 2.41. The van der Waals surface area contributed by atoms with Gasteiger partial charge in [0.2, 0.25) is 0 Å². The minimum Gasteiger partial charge on any atom is -0.292 e. The molecule has 0 N–H and O–H groups in total. The first-order valence-electron chi connectivity index (χ1n) is 6.39. The van der Waals surface area contributed by atoms with Gasteiger partial charge in [0.15, 0.2) is 0 Å². The van der Waals surface area contributed by atoms with Gasteiger partial charge in [0.1, 0.15) is 0 Å². The van der Waals surface area contributed by atoms with Crippen molar-refractivity contribution in [1.29, 1.82) is 0 Å². The van der Waals surface area contributed by atoms with Gasteiger partial charge in [-0.25, -0.2) is 0 Å². The average molecular weight is 229 g/mol. The smallest absolute Gasteiger partial charge is 0.0537 e. The lowest BCUT2D eigenvalue weighted by Crippen LogP contribution is -2.21. The molecule has 0 radical (unpaired) electrons. The third kappa shape index (κ3) is 1.83. The molecule has 1 aromatic rings. The molecular weight excluding hydrogens is 206 g/mol. The van der Waals surface area contributed by atoms with Gasteiger partial charge >= 0.3 is 0 Å². The molecule has 0 aliphatic carbocycles. The highest BCUT2D eigenvalue weighted by molar-refractivity contribution is 5.52. The largest absolute Gasteiger partial charge is 0.292 e. The predicted octanol–water partition coefficient (Wildman–Crippen LogP) is 3.77. The Morgan fingerprint density at radius 1 is 0.882 bits per heavy atom.